The van der Waals surface area contributed by atoms with Gasteiger partial charge in [-0.1, -0.05) is 54.4 Å². The van der Waals surface area contributed by atoms with Gasteiger partial charge in [-0.3, -0.25) is 14.4 Å². The minimum atomic E-state index is -1.12. The van der Waals surface area contributed by atoms with Gasteiger partial charge in [0.1, 0.15) is 18.1 Å². The van der Waals surface area contributed by atoms with E-state index >= 15 is 0 Å². The number of thioether (sulfide) groups is 1. The molecule has 0 aromatic carbocycles. The Bertz CT molecular complexity index is 646. The highest BCUT2D eigenvalue weighted by atomic mass is 32.2. The van der Waals surface area contributed by atoms with Crippen LogP contribution in [0, 0.1) is 17.8 Å². The molecule has 0 aliphatic carbocycles. The Morgan fingerprint density at radius 2 is 1.30 bits per heavy atom. The first-order valence-electron chi connectivity index (χ1n) is 11.8. The number of carboxylic acids is 1. The van der Waals surface area contributed by atoms with Crippen LogP contribution in [-0.2, 0) is 19.2 Å². The second-order valence-corrected chi connectivity index (χ2v) is 10.1. The molecule has 0 fully saturated rings. The average Bonchev–Trinajstić information content (AvgIpc) is 2.76. The van der Waals surface area contributed by atoms with Crippen LogP contribution in [-0.4, -0.2) is 65.0 Å². The number of hydrogen-bond acceptors (Lipinski definition) is 6. The largest absolute Gasteiger partial charge is 0.480 e. The topological polar surface area (TPSA) is 151 Å². The molecule has 6 atom stereocenters. The number of carboxylic acid groups (broad SMARTS) is 1. The molecule has 0 radical (unpaired) electrons. The Labute approximate surface area is 202 Å². The number of aliphatic carboxylic acids is 1. The summed E-state index contributed by atoms with van der Waals surface area (Å²) in [5.74, 6) is -2.17. The van der Waals surface area contributed by atoms with Crippen molar-refractivity contribution in [3.63, 3.8) is 0 Å². The van der Waals surface area contributed by atoms with E-state index in [2.05, 4.69) is 16.0 Å². The highest BCUT2D eigenvalue weighted by molar-refractivity contribution is 7.98. The van der Waals surface area contributed by atoms with Crippen LogP contribution >= 0.6 is 11.8 Å². The standard InChI is InChI=1S/C23H44N4O5S/c1-8-14(5)18(21(29)25-17(23(31)32)12-13(3)4)27-22(30)19(15(6)9-2)26-20(28)16(24)10-11-33-7/h13-19H,8-12,24H2,1-7H3,(H,25,29)(H,26,28)(H,27,30)(H,31,32). The monoisotopic (exact) mass is 488 g/mol. The van der Waals surface area contributed by atoms with E-state index < -0.39 is 47.9 Å². The zero-order valence-electron chi connectivity index (χ0n) is 21.1. The molecule has 0 aliphatic heterocycles. The van der Waals surface area contributed by atoms with Gasteiger partial charge in [0.05, 0.1) is 6.04 Å². The lowest BCUT2D eigenvalue weighted by atomic mass is 9.94. The lowest BCUT2D eigenvalue weighted by Crippen LogP contribution is -2.60. The Morgan fingerprint density at radius 3 is 1.70 bits per heavy atom. The Balaban J connectivity index is 5.56. The lowest BCUT2D eigenvalue weighted by Gasteiger charge is -2.30. The Kier molecular flexibility index (Phi) is 15.1. The van der Waals surface area contributed by atoms with Crippen molar-refractivity contribution in [3.8, 4) is 0 Å². The third-order valence-corrected chi connectivity index (χ3v) is 6.52. The van der Waals surface area contributed by atoms with Crippen LogP contribution in [0.25, 0.3) is 0 Å². The van der Waals surface area contributed by atoms with Crippen LogP contribution in [0.1, 0.15) is 67.2 Å². The van der Waals surface area contributed by atoms with Gasteiger partial charge in [-0.05, 0) is 42.6 Å². The molecule has 0 spiro atoms. The van der Waals surface area contributed by atoms with E-state index in [1.54, 1.807) is 11.8 Å². The predicted molar refractivity (Wildman–Crippen MR) is 133 cm³/mol. The molecule has 0 aliphatic rings. The molecule has 0 aromatic rings. The number of rotatable bonds is 16. The molecule has 0 saturated heterocycles. The summed E-state index contributed by atoms with van der Waals surface area (Å²) in [6.45, 7) is 11.2. The summed E-state index contributed by atoms with van der Waals surface area (Å²) in [6.07, 6.45) is 3.93. The summed E-state index contributed by atoms with van der Waals surface area (Å²) in [6, 6.07) is -3.54. The maximum atomic E-state index is 13.2. The van der Waals surface area contributed by atoms with E-state index in [0.717, 1.165) is 5.75 Å². The smallest absolute Gasteiger partial charge is 0.326 e. The van der Waals surface area contributed by atoms with E-state index in [0.29, 0.717) is 19.3 Å². The van der Waals surface area contributed by atoms with Crippen LogP contribution in [0.5, 0.6) is 0 Å². The number of nitrogens with two attached hydrogens (primary N) is 1. The first kappa shape index (κ1) is 31.2. The summed E-state index contributed by atoms with van der Waals surface area (Å²) in [4.78, 5) is 50.3. The van der Waals surface area contributed by atoms with Crippen molar-refractivity contribution in [2.24, 2.45) is 23.5 Å². The molecule has 6 unspecified atom stereocenters. The molecule has 9 nitrogen and oxygen atoms in total. The van der Waals surface area contributed by atoms with Gasteiger partial charge in [-0.25, -0.2) is 4.79 Å². The summed E-state index contributed by atoms with van der Waals surface area (Å²) in [7, 11) is 0. The number of carbonyl (C=O) groups is 4. The maximum absolute atomic E-state index is 13.2. The quantitative estimate of drug-likeness (QED) is 0.222. The van der Waals surface area contributed by atoms with E-state index in [9.17, 15) is 24.3 Å². The fraction of sp³-hybridized carbons (Fsp3) is 0.826. The average molecular weight is 489 g/mol. The summed E-state index contributed by atoms with van der Waals surface area (Å²) < 4.78 is 0. The van der Waals surface area contributed by atoms with Gasteiger partial charge in [-0.2, -0.15) is 11.8 Å². The lowest BCUT2D eigenvalue weighted by molar-refractivity contribution is -0.143. The fourth-order valence-corrected chi connectivity index (χ4v) is 3.73. The molecule has 0 aromatic heterocycles. The summed E-state index contributed by atoms with van der Waals surface area (Å²) >= 11 is 1.59. The van der Waals surface area contributed by atoms with E-state index in [1.165, 1.54) is 0 Å². The van der Waals surface area contributed by atoms with Gasteiger partial charge in [-0.15, -0.1) is 0 Å². The number of nitrogens with one attached hydrogen (secondary N) is 3. The molecule has 6 N–H and O–H groups in total. The maximum Gasteiger partial charge on any atom is 0.326 e. The molecule has 10 heteroatoms. The first-order valence-corrected chi connectivity index (χ1v) is 13.2. The van der Waals surface area contributed by atoms with Crippen molar-refractivity contribution in [3.05, 3.63) is 0 Å². The van der Waals surface area contributed by atoms with Gasteiger partial charge < -0.3 is 26.8 Å². The molecular weight excluding hydrogens is 444 g/mol. The van der Waals surface area contributed by atoms with Crippen LogP contribution in [0.2, 0.25) is 0 Å². The van der Waals surface area contributed by atoms with Crippen LogP contribution in [0.15, 0.2) is 0 Å². The first-order chi connectivity index (χ1) is 15.4. The molecule has 192 valence electrons. The van der Waals surface area contributed by atoms with Gasteiger partial charge in [0, 0.05) is 0 Å². The number of hydrogen-bond donors (Lipinski definition) is 5. The highest BCUT2D eigenvalue weighted by Gasteiger charge is 2.34. The molecule has 0 heterocycles. The van der Waals surface area contributed by atoms with Crippen LogP contribution in [0.4, 0.5) is 0 Å². The third-order valence-electron chi connectivity index (χ3n) is 5.88. The molecular formula is C23H44N4O5S. The Hall–Kier alpha value is -1.81. The van der Waals surface area contributed by atoms with Crippen molar-refractivity contribution in [1.29, 1.82) is 0 Å². The van der Waals surface area contributed by atoms with Crippen LogP contribution in [0.3, 0.4) is 0 Å². The minimum absolute atomic E-state index is 0.0725. The number of carbonyl (C=O) groups excluding carboxylic acids is 3. The second kappa shape index (κ2) is 15.9. The third kappa shape index (κ3) is 11.2. The SMILES string of the molecule is CCC(C)C(NC(=O)C(N)CCSC)C(=O)NC(C(=O)NC(CC(C)C)C(=O)O)C(C)CC. The van der Waals surface area contributed by atoms with Gasteiger partial charge >= 0.3 is 5.97 Å². The zero-order chi connectivity index (χ0) is 25.7. The molecule has 0 saturated carbocycles. The van der Waals surface area contributed by atoms with Crippen molar-refractivity contribution < 1.29 is 24.3 Å². The number of amides is 3. The van der Waals surface area contributed by atoms with Crippen molar-refractivity contribution in [1.82, 2.24) is 16.0 Å². The van der Waals surface area contributed by atoms with Gasteiger partial charge in [0.2, 0.25) is 17.7 Å². The van der Waals surface area contributed by atoms with E-state index in [1.807, 2.05) is 47.8 Å². The summed E-state index contributed by atoms with van der Waals surface area (Å²) in [5.41, 5.74) is 5.96. The molecule has 0 bridgehead atoms. The minimum Gasteiger partial charge on any atom is -0.480 e. The van der Waals surface area contributed by atoms with Gasteiger partial charge in [0.15, 0.2) is 0 Å². The second-order valence-electron chi connectivity index (χ2n) is 9.16. The molecule has 33 heavy (non-hydrogen) atoms. The van der Waals surface area contributed by atoms with E-state index in [-0.39, 0.29) is 24.2 Å². The predicted octanol–water partition coefficient (Wildman–Crippen LogP) is 1.74. The highest BCUT2D eigenvalue weighted by Crippen LogP contribution is 2.14. The van der Waals surface area contributed by atoms with Crippen molar-refractivity contribution >= 4 is 35.5 Å². The van der Waals surface area contributed by atoms with E-state index in [4.69, 9.17) is 5.73 Å². The Morgan fingerprint density at radius 1 is 0.848 bits per heavy atom. The van der Waals surface area contributed by atoms with Crippen molar-refractivity contribution in [2.45, 2.75) is 91.4 Å². The zero-order valence-corrected chi connectivity index (χ0v) is 22.0. The van der Waals surface area contributed by atoms with Gasteiger partial charge in [0.25, 0.3) is 0 Å². The van der Waals surface area contributed by atoms with Crippen LogP contribution < -0.4 is 21.7 Å². The molecule has 3 amide bonds. The fourth-order valence-electron chi connectivity index (χ4n) is 3.24. The molecule has 0 rings (SSSR count). The summed E-state index contributed by atoms with van der Waals surface area (Å²) in [5, 5.41) is 17.6. The van der Waals surface area contributed by atoms with Crippen molar-refractivity contribution in [2.75, 3.05) is 12.0 Å². The normalized spacial score (nSPS) is 16.8.